The van der Waals surface area contributed by atoms with Crippen molar-refractivity contribution in [1.82, 2.24) is 0 Å². The molecule has 1 unspecified atom stereocenters. The van der Waals surface area contributed by atoms with Gasteiger partial charge in [0.1, 0.15) is 0 Å². The second-order valence-electron chi connectivity index (χ2n) is 15.0. The molecule has 0 fully saturated rings. The first-order valence-corrected chi connectivity index (χ1v) is 16.7. The van der Waals surface area contributed by atoms with Gasteiger partial charge in [-0.2, -0.15) is 0 Å². The first-order valence-electron chi connectivity index (χ1n) is 16.7. The maximum atomic E-state index is 10.1. The van der Waals surface area contributed by atoms with E-state index in [1.165, 1.54) is 58.3 Å². The molecule has 42 heavy (non-hydrogen) atoms. The maximum Gasteiger partial charge on any atom is 0.0585 e. The molecule has 3 atom stereocenters. The highest BCUT2D eigenvalue weighted by Gasteiger charge is 2.32. The molecule has 0 aromatic carbocycles. The maximum absolute atomic E-state index is 10.1. The molecule has 0 radical (unpaired) electrons. The minimum Gasteiger partial charge on any atom is -0.393 e. The third-order valence-corrected chi connectivity index (χ3v) is 9.45. The second-order valence-corrected chi connectivity index (χ2v) is 15.0. The van der Waals surface area contributed by atoms with Crippen LogP contribution in [0, 0.1) is 16.7 Å². The van der Waals surface area contributed by atoms with Gasteiger partial charge in [-0.1, -0.05) is 105 Å². The van der Waals surface area contributed by atoms with Crippen molar-refractivity contribution in [3.8, 4) is 0 Å². The molecule has 0 heterocycles. The Morgan fingerprint density at radius 2 is 1.26 bits per heavy atom. The lowest BCUT2D eigenvalue weighted by molar-refractivity contribution is 0.116. The molecular weight excluding hydrogens is 512 g/mol. The fraction of sp³-hybridized carbons (Fsp3) is 0.650. The van der Waals surface area contributed by atoms with E-state index in [0.717, 1.165) is 51.4 Å². The third-order valence-electron chi connectivity index (χ3n) is 9.45. The van der Waals surface area contributed by atoms with Crippen LogP contribution in [0.25, 0.3) is 0 Å². The molecule has 0 spiro atoms. The molecule has 2 heteroatoms. The number of unbranched alkanes of at least 4 members (excludes halogenated alkanes) is 1. The van der Waals surface area contributed by atoms with Gasteiger partial charge in [-0.15, -0.1) is 0 Å². The molecule has 0 bridgehead atoms. The summed E-state index contributed by atoms with van der Waals surface area (Å²) in [6.07, 6.45) is 27.5. The van der Waals surface area contributed by atoms with Crippen LogP contribution in [0.3, 0.4) is 0 Å². The monoisotopic (exact) mass is 576 g/mol. The summed E-state index contributed by atoms with van der Waals surface area (Å²) in [6, 6.07) is 0. The minimum atomic E-state index is -0.204. The molecule has 2 rings (SSSR count). The van der Waals surface area contributed by atoms with Crippen molar-refractivity contribution in [3.05, 3.63) is 81.5 Å². The van der Waals surface area contributed by atoms with E-state index < -0.39 is 0 Å². The number of rotatable bonds is 14. The van der Waals surface area contributed by atoms with Crippen molar-refractivity contribution >= 4 is 0 Å². The number of aliphatic hydroxyl groups excluding tert-OH is 2. The first-order chi connectivity index (χ1) is 19.6. The normalized spacial score (nSPS) is 24.8. The highest BCUT2D eigenvalue weighted by molar-refractivity contribution is 5.37. The van der Waals surface area contributed by atoms with Gasteiger partial charge in [0.25, 0.3) is 0 Å². The van der Waals surface area contributed by atoms with E-state index in [1.54, 1.807) is 0 Å². The van der Waals surface area contributed by atoms with Crippen molar-refractivity contribution in [2.24, 2.45) is 16.7 Å². The van der Waals surface area contributed by atoms with Crippen LogP contribution in [0.1, 0.15) is 140 Å². The van der Waals surface area contributed by atoms with E-state index in [0.29, 0.717) is 5.92 Å². The Hall–Kier alpha value is -1.90. The van der Waals surface area contributed by atoms with Crippen LogP contribution >= 0.6 is 0 Å². The highest BCUT2D eigenvalue weighted by Crippen LogP contribution is 2.42. The molecular formula is C40H64O2. The lowest BCUT2D eigenvalue weighted by Gasteiger charge is -2.36. The summed E-state index contributed by atoms with van der Waals surface area (Å²) in [5, 5.41) is 20.3. The van der Waals surface area contributed by atoms with Crippen molar-refractivity contribution in [2.75, 3.05) is 0 Å². The van der Waals surface area contributed by atoms with Gasteiger partial charge < -0.3 is 10.2 Å². The third kappa shape index (κ3) is 12.4. The molecule has 0 aliphatic heterocycles. The van der Waals surface area contributed by atoms with Gasteiger partial charge in [-0.05, 0) is 133 Å². The van der Waals surface area contributed by atoms with Crippen LogP contribution in [-0.4, -0.2) is 22.4 Å². The smallest absolute Gasteiger partial charge is 0.0585 e. The van der Waals surface area contributed by atoms with E-state index in [-0.39, 0.29) is 23.0 Å². The van der Waals surface area contributed by atoms with Crippen molar-refractivity contribution in [1.29, 1.82) is 0 Å². The van der Waals surface area contributed by atoms with E-state index in [1.807, 2.05) is 0 Å². The number of hydrogen-bond donors (Lipinski definition) is 2. The van der Waals surface area contributed by atoms with Gasteiger partial charge in [0.2, 0.25) is 0 Å². The molecule has 236 valence electrons. The van der Waals surface area contributed by atoms with Gasteiger partial charge in [0.15, 0.2) is 0 Å². The van der Waals surface area contributed by atoms with Gasteiger partial charge in [0.05, 0.1) is 12.2 Å². The standard InChI is InChI=1S/C40H64O2/c1-29(17-13-19-31(3)21-23-37-33(5)25-35(41)27-39(37,7)8)15-11-12-16-30(2)18-14-20-32(4)22-24-38-34(6)26-36(42)28-40(38,9)10/h15-16,19,21-24,32,35-36,41-42H,11-14,17-18,20,25-28H2,1-10H3/b23-21+,24-22+,29-15+,30-16-,31-19+/t32?,35-,36-/m0/s1. The van der Waals surface area contributed by atoms with Gasteiger partial charge in [-0.3, -0.25) is 0 Å². The van der Waals surface area contributed by atoms with E-state index in [9.17, 15) is 10.2 Å². The van der Waals surface area contributed by atoms with Crippen molar-refractivity contribution in [3.63, 3.8) is 0 Å². The molecule has 0 amide bonds. The summed E-state index contributed by atoms with van der Waals surface area (Å²) >= 11 is 0. The lowest BCUT2D eigenvalue weighted by Crippen LogP contribution is -2.28. The second kappa shape index (κ2) is 16.8. The molecule has 2 nitrogen and oxygen atoms in total. The molecule has 0 saturated carbocycles. The highest BCUT2D eigenvalue weighted by atomic mass is 16.3. The Bertz CT molecular complexity index is 1100. The average molecular weight is 577 g/mol. The number of hydrogen-bond acceptors (Lipinski definition) is 2. The zero-order valence-electron chi connectivity index (χ0n) is 28.9. The van der Waals surface area contributed by atoms with Crippen molar-refractivity contribution < 1.29 is 10.2 Å². The summed E-state index contributed by atoms with van der Waals surface area (Å²) in [7, 11) is 0. The largest absolute Gasteiger partial charge is 0.393 e. The lowest BCUT2D eigenvalue weighted by atomic mass is 9.71. The predicted molar refractivity (Wildman–Crippen MR) is 184 cm³/mol. The number of allylic oxidation sites excluding steroid dienone is 12. The summed E-state index contributed by atoms with van der Waals surface area (Å²) < 4.78 is 0. The summed E-state index contributed by atoms with van der Waals surface area (Å²) in [4.78, 5) is 0. The van der Waals surface area contributed by atoms with Gasteiger partial charge >= 0.3 is 0 Å². The Kier molecular flexibility index (Phi) is 14.5. The Morgan fingerprint density at radius 3 is 1.79 bits per heavy atom. The molecule has 0 aromatic rings. The molecule has 2 N–H and O–H groups in total. The topological polar surface area (TPSA) is 40.5 Å². The van der Waals surface area contributed by atoms with Crippen LogP contribution in [-0.2, 0) is 0 Å². The molecule has 2 aliphatic carbocycles. The van der Waals surface area contributed by atoms with Crippen LogP contribution in [0.15, 0.2) is 81.5 Å². The average Bonchev–Trinajstić information content (AvgIpc) is 2.84. The molecule has 0 saturated heterocycles. The molecule has 0 aromatic heterocycles. The van der Waals surface area contributed by atoms with Crippen LogP contribution < -0.4 is 0 Å². The van der Waals surface area contributed by atoms with E-state index in [4.69, 9.17) is 0 Å². The predicted octanol–water partition coefficient (Wildman–Crippen LogP) is 11.3. The summed E-state index contributed by atoms with van der Waals surface area (Å²) in [5.41, 5.74) is 9.90. The summed E-state index contributed by atoms with van der Waals surface area (Å²) in [6.45, 7) is 22.4. The minimum absolute atomic E-state index is 0.0380. The molecule has 2 aliphatic rings. The van der Waals surface area contributed by atoms with Crippen LogP contribution in [0.2, 0.25) is 0 Å². The Labute approximate surface area is 260 Å². The number of aliphatic hydroxyl groups is 2. The zero-order chi connectivity index (χ0) is 31.5. The summed E-state index contributed by atoms with van der Waals surface area (Å²) in [5.74, 6) is 0.578. The first kappa shape index (κ1) is 36.3. The van der Waals surface area contributed by atoms with Crippen molar-refractivity contribution in [2.45, 2.75) is 152 Å². The quantitative estimate of drug-likeness (QED) is 0.123. The zero-order valence-corrected chi connectivity index (χ0v) is 28.9. The SMILES string of the molecule is CC1=C(/C=C/C(C)=C/CC/C(C)=C/CC/C=C(/C)CCCC(C)/C=C/C2=C(C)C[C@H](O)CC2(C)C)C(C)(C)C[C@@H](O)C1. The van der Waals surface area contributed by atoms with E-state index >= 15 is 0 Å². The van der Waals surface area contributed by atoms with E-state index in [2.05, 4.69) is 112 Å². The van der Waals surface area contributed by atoms with Crippen LogP contribution in [0.5, 0.6) is 0 Å². The Balaban J connectivity index is 1.70. The fourth-order valence-electron chi connectivity index (χ4n) is 7.09. The van der Waals surface area contributed by atoms with Gasteiger partial charge in [0, 0.05) is 0 Å². The van der Waals surface area contributed by atoms with Crippen LogP contribution in [0.4, 0.5) is 0 Å². The van der Waals surface area contributed by atoms with Gasteiger partial charge in [-0.25, -0.2) is 0 Å². The fourth-order valence-corrected chi connectivity index (χ4v) is 7.09. The Morgan fingerprint density at radius 1 is 0.762 bits per heavy atom.